The number of rotatable bonds is 8. The predicted octanol–water partition coefficient (Wildman–Crippen LogP) is 4.56. The van der Waals surface area contributed by atoms with E-state index in [4.69, 9.17) is 14.2 Å². The van der Waals surface area contributed by atoms with Gasteiger partial charge in [0.2, 0.25) is 6.79 Å². The second-order valence-electron chi connectivity index (χ2n) is 8.51. The molecule has 4 aromatic carbocycles. The average Bonchev–Trinajstić information content (AvgIpc) is 3.46. The van der Waals surface area contributed by atoms with Crippen LogP contribution in [-0.2, 0) is 4.79 Å². The fraction of sp³-hybridized carbons (Fsp3) is 0.0323. The lowest BCUT2D eigenvalue weighted by molar-refractivity contribution is -0.117. The molecule has 0 spiro atoms. The summed E-state index contributed by atoms with van der Waals surface area (Å²) in [4.78, 5) is 38.0. The third-order valence-electron chi connectivity index (χ3n) is 5.72. The lowest BCUT2D eigenvalue weighted by Gasteiger charge is -2.09. The van der Waals surface area contributed by atoms with Crippen molar-refractivity contribution < 1.29 is 28.6 Å². The molecule has 0 saturated heterocycles. The van der Waals surface area contributed by atoms with Crippen LogP contribution in [0.4, 0.5) is 0 Å². The molecule has 0 radical (unpaired) electrons. The first-order valence-corrected chi connectivity index (χ1v) is 12.2. The van der Waals surface area contributed by atoms with Gasteiger partial charge in [0.05, 0.1) is 11.8 Å². The van der Waals surface area contributed by atoms with Gasteiger partial charge < -0.3 is 19.5 Å². The van der Waals surface area contributed by atoms with Crippen molar-refractivity contribution >= 4 is 30.1 Å². The van der Waals surface area contributed by atoms with Crippen LogP contribution >= 0.6 is 0 Å². The second-order valence-corrected chi connectivity index (χ2v) is 8.51. The minimum absolute atomic E-state index is 0.0203. The van der Waals surface area contributed by atoms with Gasteiger partial charge in [-0.15, -0.1) is 0 Å². The van der Waals surface area contributed by atoms with Gasteiger partial charge in [0, 0.05) is 5.56 Å². The van der Waals surface area contributed by atoms with E-state index in [9.17, 15) is 14.4 Å². The summed E-state index contributed by atoms with van der Waals surface area (Å²) in [6, 6.07) is 29.0. The lowest BCUT2D eigenvalue weighted by atomic mass is 10.1. The Bertz CT molecular complexity index is 1580. The Hall–Kier alpha value is -5.70. The molecule has 9 nitrogen and oxygen atoms in total. The van der Waals surface area contributed by atoms with Crippen molar-refractivity contribution in [3.8, 4) is 17.2 Å². The average molecular weight is 534 g/mol. The third-order valence-corrected chi connectivity index (χ3v) is 5.72. The molecule has 0 atom stereocenters. The Balaban J connectivity index is 1.26. The Morgan fingerprint density at radius 3 is 2.12 bits per heavy atom. The van der Waals surface area contributed by atoms with Crippen LogP contribution in [0.3, 0.4) is 0 Å². The predicted molar refractivity (Wildman–Crippen MR) is 148 cm³/mol. The molecule has 4 aromatic rings. The highest BCUT2D eigenvalue weighted by molar-refractivity contribution is 6.05. The summed E-state index contributed by atoms with van der Waals surface area (Å²) in [5.74, 6) is -0.0408. The number of carbonyl (C=O) groups is 3. The third kappa shape index (κ3) is 6.59. The summed E-state index contributed by atoms with van der Waals surface area (Å²) >= 11 is 0. The number of hydrazone groups is 1. The van der Waals surface area contributed by atoms with Crippen molar-refractivity contribution in [3.05, 3.63) is 131 Å². The second kappa shape index (κ2) is 12.2. The van der Waals surface area contributed by atoms with Crippen molar-refractivity contribution in [2.75, 3.05) is 6.79 Å². The van der Waals surface area contributed by atoms with E-state index in [1.165, 1.54) is 12.3 Å². The van der Waals surface area contributed by atoms with Crippen molar-refractivity contribution in [2.24, 2.45) is 5.10 Å². The normalized spacial score (nSPS) is 12.2. The van der Waals surface area contributed by atoms with Gasteiger partial charge in [-0.3, -0.25) is 9.59 Å². The molecule has 0 aliphatic carbocycles. The van der Waals surface area contributed by atoms with Crippen LogP contribution < -0.4 is 25.0 Å². The van der Waals surface area contributed by atoms with Crippen LogP contribution in [0.15, 0.2) is 114 Å². The Morgan fingerprint density at radius 1 is 0.750 bits per heavy atom. The molecule has 1 aliphatic rings. The molecule has 0 aromatic heterocycles. The molecule has 2 N–H and O–H groups in total. The highest BCUT2D eigenvalue weighted by Crippen LogP contribution is 2.33. The van der Waals surface area contributed by atoms with E-state index in [2.05, 4.69) is 15.8 Å². The van der Waals surface area contributed by atoms with Crippen molar-refractivity contribution in [3.63, 3.8) is 0 Å². The molecule has 0 fully saturated rings. The fourth-order valence-corrected chi connectivity index (χ4v) is 3.70. The lowest BCUT2D eigenvalue weighted by Crippen LogP contribution is -2.32. The number of ether oxygens (including phenoxy) is 3. The van der Waals surface area contributed by atoms with Gasteiger partial charge in [0.1, 0.15) is 11.4 Å². The van der Waals surface area contributed by atoms with Crippen molar-refractivity contribution in [2.45, 2.75) is 0 Å². The summed E-state index contributed by atoms with van der Waals surface area (Å²) in [6.45, 7) is 0.117. The van der Waals surface area contributed by atoms with Gasteiger partial charge in [0.25, 0.3) is 11.8 Å². The number of carbonyl (C=O) groups excluding carboxylic acids is 3. The number of hydrogen-bond acceptors (Lipinski definition) is 7. The zero-order valence-corrected chi connectivity index (χ0v) is 21.1. The highest BCUT2D eigenvalue weighted by Gasteiger charge is 2.17. The van der Waals surface area contributed by atoms with E-state index in [0.717, 1.165) is 0 Å². The molecule has 1 aliphatic heterocycles. The zero-order valence-electron chi connectivity index (χ0n) is 21.1. The standard InChI is InChI=1S/C31H23N3O6/c35-29(23-7-3-1-4-8-23)33-26(17-22-13-16-27-28(18-22)39-20-38-27)30(36)34-32-19-21-11-14-25(15-12-21)40-31(37)24-9-5-2-6-10-24/h1-19H,20H2,(H,33,35)(H,34,36). The molecule has 198 valence electrons. The van der Waals surface area contributed by atoms with Gasteiger partial charge in [-0.2, -0.15) is 5.10 Å². The van der Waals surface area contributed by atoms with Crippen LogP contribution in [0.5, 0.6) is 17.2 Å². The first kappa shape index (κ1) is 25.9. The smallest absolute Gasteiger partial charge is 0.343 e. The van der Waals surface area contributed by atoms with Gasteiger partial charge in [0.15, 0.2) is 11.5 Å². The maximum absolute atomic E-state index is 13.0. The molecule has 2 amide bonds. The number of esters is 1. The van der Waals surface area contributed by atoms with Crippen molar-refractivity contribution in [1.82, 2.24) is 10.7 Å². The fourth-order valence-electron chi connectivity index (χ4n) is 3.70. The monoisotopic (exact) mass is 533 g/mol. The molecule has 9 heteroatoms. The molecule has 0 bridgehead atoms. The Morgan fingerprint density at radius 2 is 1.40 bits per heavy atom. The SMILES string of the molecule is O=C(NN=Cc1ccc(OC(=O)c2ccccc2)cc1)C(=Cc1ccc2c(c1)OCO2)NC(=O)c1ccccc1. The van der Waals surface area contributed by atoms with Gasteiger partial charge >= 0.3 is 5.97 Å². The quantitative estimate of drug-likeness (QED) is 0.113. The van der Waals surface area contributed by atoms with Crippen molar-refractivity contribution in [1.29, 1.82) is 0 Å². The van der Waals surface area contributed by atoms with Crippen LogP contribution in [0.2, 0.25) is 0 Å². The largest absolute Gasteiger partial charge is 0.454 e. The number of nitrogens with one attached hydrogen (secondary N) is 2. The van der Waals surface area contributed by atoms with Gasteiger partial charge in [-0.25, -0.2) is 10.2 Å². The summed E-state index contributed by atoms with van der Waals surface area (Å²) in [7, 11) is 0. The first-order valence-electron chi connectivity index (χ1n) is 12.2. The topological polar surface area (TPSA) is 115 Å². The first-order chi connectivity index (χ1) is 19.5. The van der Waals surface area contributed by atoms with E-state index >= 15 is 0 Å². The van der Waals surface area contributed by atoms with E-state index < -0.39 is 17.8 Å². The number of hydrogen-bond donors (Lipinski definition) is 2. The van der Waals surface area contributed by atoms with Crippen LogP contribution in [0, 0.1) is 0 Å². The minimum Gasteiger partial charge on any atom is -0.454 e. The molecular weight excluding hydrogens is 510 g/mol. The summed E-state index contributed by atoms with van der Waals surface area (Å²) in [5, 5.41) is 6.66. The Kier molecular flexibility index (Phi) is 7.93. The summed E-state index contributed by atoms with van der Waals surface area (Å²) in [6.07, 6.45) is 2.95. The van der Waals surface area contributed by atoms with Crippen LogP contribution in [0.25, 0.3) is 6.08 Å². The van der Waals surface area contributed by atoms with Crippen LogP contribution in [0.1, 0.15) is 31.8 Å². The number of nitrogens with zero attached hydrogens (tertiary/aromatic N) is 1. The maximum atomic E-state index is 13.0. The molecule has 5 rings (SSSR count). The van der Waals surface area contributed by atoms with E-state index in [1.807, 2.05) is 6.07 Å². The Labute approximate surface area is 229 Å². The van der Waals surface area contributed by atoms with Crippen LogP contribution in [-0.4, -0.2) is 30.8 Å². The zero-order chi connectivity index (χ0) is 27.7. The maximum Gasteiger partial charge on any atom is 0.343 e. The number of benzene rings is 4. The van der Waals surface area contributed by atoms with Gasteiger partial charge in [-0.05, 0) is 77.9 Å². The summed E-state index contributed by atoms with van der Waals surface area (Å²) < 4.78 is 16.1. The van der Waals surface area contributed by atoms with Gasteiger partial charge in [-0.1, -0.05) is 42.5 Å². The molecular formula is C31H23N3O6. The molecule has 40 heavy (non-hydrogen) atoms. The van der Waals surface area contributed by atoms with E-state index in [-0.39, 0.29) is 12.5 Å². The molecule has 0 saturated carbocycles. The van der Waals surface area contributed by atoms with E-state index in [1.54, 1.807) is 97.1 Å². The number of fused-ring (bicyclic) bond motifs is 1. The minimum atomic E-state index is -0.633. The molecule has 1 heterocycles. The number of amides is 2. The highest BCUT2D eigenvalue weighted by atomic mass is 16.7. The van der Waals surface area contributed by atoms with E-state index in [0.29, 0.717) is 39.5 Å². The molecule has 0 unspecified atom stereocenters. The summed E-state index contributed by atoms with van der Waals surface area (Å²) in [5.41, 5.74) is 4.52.